The van der Waals surface area contributed by atoms with E-state index in [4.69, 9.17) is 4.74 Å². The van der Waals surface area contributed by atoms with Gasteiger partial charge in [0, 0.05) is 17.8 Å². The summed E-state index contributed by atoms with van der Waals surface area (Å²) in [7, 11) is -3.62. The summed E-state index contributed by atoms with van der Waals surface area (Å²) in [6.45, 7) is 3.59. The summed E-state index contributed by atoms with van der Waals surface area (Å²) in [5.74, 6) is -0.135. The summed E-state index contributed by atoms with van der Waals surface area (Å²) >= 11 is 0. The van der Waals surface area contributed by atoms with E-state index in [1.165, 1.54) is 17.0 Å². The minimum absolute atomic E-state index is 0.0444. The maximum absolute atomic E-state index is 13.1. The minimum Gasteiger partial charge on any atom is -0.482 e. The van der Waals surface area contributed by atoms with Gasteiger partial charge in [0.1, 0.15) is 12.3 Å². The molecule has 0 bridgehead atoms. The molecule has 8 nitrogen and oxygen atoms in total. The predicted molar refractivity (Wildman–Crippen MR) is 121 cm³/mol. The Balaban J connectivity index is 1.45. The van der Waals surface area contributed by atoms with Crippen LogP contribution in [-0.2, 0) is 19.6 Å². The number of fused-ring (bicyclic) bond motifs is 1. The Labute approximate surface area is 188 Å². The van der Waals surface area contributed by atoms with Crippen LogP contribution in [0, 0.1) is 0 Å². The van der Waals surface area contributed by atoms with Crippen molar-refractivity contribution in [1.29, 1.82) is 0 Å². The highest BCUT2D eigenvalue weighted by Gasteiger charge is 2.35. The molecule has 2 unspecified atom stereocenters. The Kier molecular flexibility index (Phi) is 6.21. The van der Waals surface area contributed by atoms with E-state index in [0.29, 0.717) is 17.1 Å². The number of carbonyl (C=O) groups is 2. The molecule has 0 aromatic heterocycles. The summed E-state index contributed by atoms with van der Waals surface area (Å²) in [4.78, 5) is 26.4. The largest absolute Gasteiger partial charge is 0.482 e. The molecule has 1 saturated heterocycles. The van der Waals surface area contributed by atoms with E-state index >= 15 is 0 Å². The summed E-state index contributed by atoms with van der Waals surface area (Å²) in [6.07, 6.45) is 2.72. The third-order valence-corrected chi connectivity index (χ3v) is 8.08. The SMILES string of the molecule is CC1CCCC(C)N1S(=O)(=O)c1ccc(NC(=O)CN2C(=O)COc3ccccc32)cc1. The summed E-state index contributed by atoms with van der Waals surface area (Å²) in [5, 5.41) is 2.73. The third kappa shape index (κ3) is 4.35. The van der Waals surface area contributed by atoms with Crippen molar-refractivity contribution in [2.45, 2.75) is 50.1 Å². The van der Waals surface area contributed by atoms with Gasteiger partial charge in [-0.15, -0.1) is 0 Å². The molecule has 32 heavy (non-hydrogen) atoms. The van der Waals surface area contributed by atoms with Gasteiger partial charge < -0.3 is 10.1 Å². The number of ether oxygens (including phenoxy) is 1. The topological polar surface area (TPSA) is 96.0 Å². The van der Waals surface area contributed by atoms with E-state index < -0.39 is 10.0 Å². The second kappa shape index (κ2) is 8.91. The van der Waals surface area contributed by atoms with Crippen LogP contribution in [0.15, 0.2) is 53.4 Å². The van der Waals surface area contributed by atoms with Gasteiger partial charge in [-0.05, 0) is 63.1 Å². The number of nitrogens with zero attached hydrogens (tertiary/aromatic N) is 2. The molecule has 2 amide bonds. The molecule has 1 fully saturated rings. The molecule has 2 aromatic rings. The van der Waals surface area contributed by atoms with Crippen molar-refractivity contribution in [3.05, 3.63) is 48.5 Å². The number of hydrogen-bond acceptors (Lipinski definition) is 5. The Bertz CT molecular complexity index is 1110. The van der Waals surface area contributed by atoms with Crippen LogP contribution in [0.2, 0.25) is 0 Å². The summed E-state index contributed by atoms with van der Waals surface area (Å²) < 4.78 is 33.3. The first-order valence-corrected chi connectivity index (χ1v) is 12.2. The lowest BCUT2D eigenvalue weighted by Crippen LogP contribution is -2.47. The first-order chi connectivity index (χ1) is 15.3. The Morgan fingerprint density at radius 3 is 2.41 bits per heavy atom. The van der Waals surface area contributed by atoms with Gasteiger partial charge in [0.15, 0.2) is 6.61 Å². The zero-order valence-corrected chi connectivity index (χ0v) is 19.0. The molecule has 0 aliphatic carbocycles. The number of piperidine rings is 1. The van der Waals surface area contributed by atoms with Crippen molar-refractivity contribution in [3.8, 4) is 5.75 Å². The maximum atomic E-state index is 13.1. The van der Waals surface area contributed by atoms with Gasteiger partial charge in [0.25, 0.3) is 5.91 Å². The number of amides is 2. The third-order valence-electron chi connectivity index (χ3n) is 5.94. The highest BCUT2D eigenvalue weighted by atomic mass is 32.2. The quantitative estimate of drug-likeness (QED) is 0.745. The molecule has 2 aliphatic rings. The second-order valence-electron chi connectivity index (χ2n) is 8.27. The number of carbonyl (C=O) groups excluding carboxylic acids is 2. The highest BCUT2D eigenvalue weighted by Crippen LogP contribution is 2.32. The molecule has 0 radical (unpaired) electrons. The van der Waals surface area contributed by atoms with Gasteiger partial charge in [-0.1, -0.05) is 18.6 Å². The molecule has 2 aliphatic heterocycles. The molecule has 9 heteroatoms. The molecule has 170 valence electrons. The Morgan fingerprint density at radius 1 is 1.06 bits per heavy atom. The molecule has 1 N–H and O–H groups in total. The number of anilines is 2. The fourth-order valence-electron chi connectivity index (χ4n) is 4.37. The number of rotatable bonds is 5. The molecule has 2 atom stereocenters. The predicted octanol–water partition coefficient (Wildman–Crippen LogP) is 3.00. The summed E-state index contributed by atoms with van der Waals surface area (Å²) in [6, 6.07) is 13.1. The van der Waals surface area contributed by atoms with Crippen molar-refractivity contribution in [3.63, 3.8) is 0 Å². The second-order valence-corrected chi connectivity index (χ2v) is 10.1. The van der Waals surface area contributed by atoms with Gasteiger partial charge >= 0.3 is 0 Å². The van der Waals surface area contributed by atoms with E-state index in [9.17, 15) is 18.0 Å². The van der Waals surface area contributed by atoms with Crippen LogP contribution in [-0.4, -0.2) is 49.8 Å². The standard InChI is InChI=1S/C23H27N3O5S/c1-16-6-5-7-17(2)26(16)32(29,30)19-12-10-18(11-13-19)24-22(27)14-25-20-8-3-4-9-21(20)31-15-23(25)28/h3-4,8-13,16-17H,5-7,14-15H2,1-2H3,(H,24,27). The van der Waals surface area contributed by atoms with Crippen LogP contribution in [0.5, 0.6) is 5.75 Å². The molecular formula is C23H27N3O5S. The van der Waals surface area contributed by atoms with Gasteiger partial charge in [-0.25, -0.2) is 8.42 Å². The molecular weight excluding hydrogens is 430 g/mol. The van der Waals surface area contributed by atoms with Gasteiger partial charge in [-0.3, -0.25) is 14.5 Å². The maximum Gasteiger partial charge on any atom is 0.265 e. The fraction of sp³-hybridized carbons (Fsp3) is 0.391. The smallest absolute Gasteiger partial charge is 0.265 e. The number of nitrogens with one attached hydrogen (secondary N) is 1. The molecule has 4 rings (SSSR count). The van der Waals surface area contributed by atoms with Crippen LogP contribution in [0.4, 0.5) is 11.4 Å². The van der Waals surface area contributed by atoms with Gasteiger partial charge in [0.2, 0.25) is 15.9 Å². The van der Waals surface area contributed by atoms with Crippen LogP contribution in [0.1, 0.15) is 33.1 Å². The zero-order chi connectivity index (χ0) is 22.9. The minimum atomic E-state index is -3.62. The first-order valence-electron chi connectivity index (χ1n) is 10.7. The van der Waals surface area contributed by atoms with E-state index in [2.05, 4.69) is 5.32 Å². The lowest BCUT2D eigenvalue weighted by atomic mass is 10.0. The molecule has 0 saturated carbocycles. The van der Waals surface area contributed by atoms with Crippen molar-refractivity contribution in [1.82, 2.24) is 4.31 Å². The number of benzene rings is 2. The van der Waals surface area contributed by atoms with Crippen LogP contribution in [0.3, 0.4) is 0 Å². The Hall–Kier alpha value is -2.91. The van der Waals surface area contributed by atoms with Crippen molar-refractivity contribution < 1.29 is 22.7 Å². The van der Waals surface area contributed by atoms with Crippen LogP contribution in [0.25, 0.3) is 0 Å². The van der Waals surface area contributed by atoms with Crippen molar-refractivity contribution >= 4 is 33.2 Å². The molecule has 0 spiro atoms. The number of hydrogen-bond donors (Lipinski definition) is 1. The van der Waals surface area contributed by atoms with Crippen molar-refractivity contribution in [2.75, 3.05) is 23.4 Å². The van der Waals surface area contributed by atoms with Crippen LogP contribution >= 0.6 is 0 Å². The fourth-order valence-corrected chi connectivity index (χ4v) is 6.26. The van der Waals surface area contributed by atoms with E-state index in [1.807, 2.05) is 13.8 Å². The van der Waals surface area contributed by atoms with E-state index in [1.54, 1.807) is 40.7 Å². The average molecular weight is 458 g/mol. The lowest BCUT2D eigenvalue weighted by molar-refractivity contribution is -0.123. The van der Waals surface area contributed by atoms with E-state index in [0.717, 1.165) is 19.3 Å². The normalized spacial score (nSPS) is 21.6. The zero-order valence-electron chi connectivity index (χ0n) is 18.2. The lowest BCUT2D eigenvalue weighted by Gasteiger charge is -2.37. The van der Waals surface area contributed by atoms with Gasteiger partial charge in [0.05, 0.1) is 10.6 Å². The van der Waals surface area contributed by atoms with Crippen molar-refractivity contribution in [2.24, 2.45) is 0 Å². The Morgan fingerprint density at radius 2 is 1.72 bits per heavy atom. The highest BCUT2D eigenvalue weighted by molar-refractivity contribution is 7.89. The van der Waals surface area contributed by atoms with Crippen LogP contribution < -0.4 is 15.0 Å². The van der Waals surface area contributed by atoms with E-state index in [-0.39, 0.29) is 41.9 Å². The number of sulfonamides is 1. The molecule has 2 aromatic carbocycles. The summed E-state index contributed by atoms with van der Waals surface area (Å²) in [5.41, 5.74) is 1.01. The monoisotopic (exact) mass is 457 g/mol. The average Bonchev–Trinajstić information content (AvgIpc) is 2.76. The molecule has 2 heterocycles. The van der Waals surface area contributed by atoms with Gasteiger partial charge in [-0.2, -0.15) is 4.31 Å². The number of para-hydroxylation sites is 2. The first kappa shape index (κ1) is 22.3.